The molecular formula is C27H35F4N7O3. The Labute approximate surface area is 235 Å². The van der Waals surface area contributed by atoms with Crippen LogP contribution >= 0.6 is 0 Å². The predicted molar refractivity (Wildman–Crippen MR) is 147 cm³/mol. The summed E-state index contributed by atoms with van der Waals surface area (Å²) < 4.78 is 48.7. The van der Waals surface area contributed by atoms with Gasteiger partial charge in [-0.25, -0.2) is 19.2 Å². The SMILES string of the molecule is Cc1cnc(Nc2ccc(N3CCC(N(C)CCO)CC3)c(F)c2)nc1-c1cnn(C(C)C)c1.O=C(O)C(F)(F)F. The smallest absolute Gasteiger partial charge is 0.475 e. The number of hydrogen-bond donors (Lipinski definition) is 3. The van der Waals surface area contributed by atoms with Crippen molar-refractivity contribution in [3.05, 3.63) is 48.2 Å². The number of carboxylic acids is 1. The van der Waals surface area contributed by atoms with Crippen LogP contribution in [0, 0.1) is 12.7 Å². The van der Waals surface area contributed by atoms with Crippen LogP contribution < -0.4 is 10.2 Å². The average molecular weight is 582 g/mol. The van der Waals surface area contributed by atoms with Crippen molar-refractivity contribution in [2.45, 2.75) is 51.9 Å². The zero-order valence-electron chi connectivity index (χ0n) is 23.4. The molecule has 1 fully saturated rings. The molecule has 1 aliphatic heterocycles. The van der Waals surface area contributed by atoms with Gasteiger partial charge >= 0.3 is 12.1 Å². The molecule has 0 atom stereocenters. The number of benzene rings is 1. The number of aryl methyl sites for hydroxylation is 1. The molecule has 0 spiro atoms. The Hall–Kier alpha value is -3.78. The molecule has 0 saturated carbocycles. The maximum Gasteiger partial charge on any atom is 0.490 e. The quantitative estimate of drug-likeness (QED) is 0.327. The molecule has 3 aromatic rings. The second kappa shape index (κ2) is 13.7. The van der Waals surface area contributed by atoms with Crippen molar-refractivity contribution < 1.29 is 32.6 Å². The molecule has 1 saturated heterocycles. The first-order valence-electron chi connectivity index (χ1n) is 13.1. The summed E-state index contributed by atoms with van der Waals surface area (Å²) in [4.78, 5) is 22.2. The summed E-state index contributed by atoms with van der Waals surface area (Å²) in [7, 11) is 2.03. The zero-order chi connectivity index (χ0) is 30.3. The van der Waals surface area contributed by atoms with E-state index in [0.717, 1.165) is 42.8 Å². The highest BCUT2D eigenvalue weighted by Crippen LogP contribution is 2.29. The van der Waals surface area contributed by atoms with Gasteiger partial charge in [-0.3, -0.25) is 4.68 Å². The molecule has 0 radical (unpaired) electrons. The highest BCUT2D eigenvalue weighted by molar-refractivity contribution is 5.73. The standard InChI is InChI=1S/C25H34FN7O.C2HF3O2/c1-17(2)33-16-19(15-28-33)24-18(3)14-27-25(30-24)29-20-5-6-23(22(26)13-20)32-9-7-21(8-10-32)31(4)11-12-34;3-2(4,5)1(6)7/h5-6,13-17,21,34H,7-12H2,1-4H3,(H,27,29,30);(H,6,7). The molecule has 2 aromatic heterocycles. The Morgan fingerprint density at radius 3 is 2.41 bits per heavy atom. The zero-order valence-corrected chi connectivity index (χ0v) is 23.4. The molecule has 14 heteroatoms. The highest BCUT2D eigenvalue weighted by Gasteiger charge is 2.38. The molecule has 3 heterocycles. The maximum atomic E-state index is 15.0. The summed E-state index contributed by atoms with van der Waals surface area (Å²) in [5.41, 5.74) is 3.89. The minimum absolute atomic E-state index is 0.160. The van der Waals surface area contributed by atoms with Crippen LogP contribution in [-0.2, 0) is 4.79 Å². The van der Waals surface area contributed by atoms with Crippen molar-refractivity contribution >= 4 is 23.3 Å². The minimum atomic E-state index is -5.08. The van der Waals surface area contributed by atoms with Crippen LogP contribution in [0.4, 0.5) is 34.9 Å². The first-order chi connectivity index (χ1) is 19.3. The van der Waals surface area contributed by atoms with Crippen LogP contribution in [0.5, 0.6) is 0 Å². The fourth-order valence-electron chi connectivity index (χ4n) is 4.40. The summed E-state index contributed by atoms with van der Waals surface area (Å²) in [6, 6.07) is 5.87. The number of carbonyl (C=O) groups is 1. The van der Waals surface area contributed by atoms with Crippen molar-refractivity contribution in [3.8, 4) is 11.3 Å². The molecule has 3 N–H and O–H groups in total. The van der Waals surface area contributed by atoms with Gasteiger partial charge in [0.1, 0.15) is 5.82 Å². The summed E-state index contributed by atoms with van der Waals surface area (Å²) in [6.45, 7) is 8.53. The van der Waals surface area contributed by atoms with E-state index >= 15 is 4.39 Å². The minimum Gasteiger partial charge on any atom is -0.475 e. The number of nitrogens with one attached hydrogen (secondary N) is 1. The Bertz CT molecular complexity index is 1310. The summed E-state index contributed by atoms with van der Waals surface area (Å²) in [5.74, 6) is -2.61. The largest absolute Gasteiger partial charge is 0.490 e. The van der Waals surface area contributed by atoms with Gasteiger partial charge < -0.3 is 25.3 Å². The Morgan fingerprint density at radius 2 is 1.88 bits per heavy atom. The van der Waals surface area contributed by atoms with Crippen molar-refractivity contribution in [1.82, 2.24) is 24.6 Å². The van der Waals surface area contributed by atoms with Gasteiger partial charge in [0.25, 0.3) is 0 Å². The second-order valence-corrected chi connectivity index (χ2v) is 10.0. The molecule has 0 aliphatic carbocycles. The number of halogens is 4. The third-order valence-corrected chi connectivity index (χ3v) is 6.70. The Kier molecular flexibility index (Phi) is 10.6. The van der Waals surface area contributed by atoms with Crippen molar-refractivity contribution in [1.29, 1.82) is 0 Å². The van der Waals surface area contributed by atoms with Gasteiger partial charge in [-0.1, -0.05) is 0 Å². The molecule has 224 valence electrons. The number of hydrogen-bond acceptors (Lipinski definition) is 8. The fraction of sp³-hybridized carbons (Fsp3) is 0.481. The third-order valence-electron chi connectivity index (χ3n) is 6.70. The van der Waals surface area contributed by atoms with Crippen molar-refractivity contribution in [2.75, 3.05) is 43.5 Å². The third kappa shape index (κ3) is 8.60. The number of anilines is 3. The number of rotatable bonds is 8. The molecule has 41 heavy (non-hydrogen) atoms. The van der Waals surface area contributed by atoms with Crippen LogP contribution in [0.25, 0.3) is 11.3 Å². The lowest BCUT2D eigenvalue weighted by atomic mass is 10.0. The van der Waals surface area contributed by atoms with Crippen LogP contribution in [0.15, 0.2) is 36.8 Å². The molecular weight excluding hydrogens is 546 g/mol. The number of carboxylic acid groups (broad SMARTS) is 1. The fourth-order valence-corrected chi connectivity index (χ4v) is 4.40. The van der Waals surface area contributed by atoms with Gasteiger partial charge in [0.15, 0.2) is 0 Å². The van der Waals surface area contributed by atoms with E-state index in [2.05, 4.69) is 44.0 Å². The molecule has 0 unspecified atom stereocenters. The van der Waals surface area contributed by atoms with Crippen LogP contribution in [-0.4, -0.2) is 86.3 Å². The first kappa shape index (κ1) is 31.7. The molecule has 1 aromatic carbocycles. The summed E-state index contributed by atoms with van der Waals surface area (Å²) in [5, 5.41) is 23.8. The van der Waals surface area contributed by atoms with Crippen LogP contribution in [0.2, 0.25) is 0 Å². The number of aliphatic hydroxyl groups excluding tert-OH is 1. The van der Waals surface area contributed by atoms with E-state index in [9.17, 15) is 13.2 Å². The van der Waals surface area contributed by atoms with Crippen molar-refractivity contribution in [3.63, 3.8) is 0 Å². The Morgan fingerprint density at radius 1 is 1.22 bits per heavy atom. The number of aliphatic hydroxyl groups is 1. The highest BCUT2D eigenvalue weighted by atomic mass is 19.4. The van der Waals surface area contributed by atoms with Gasteiger partial charge in [0, 0.05) is 55.4 Å². The topological polar surface area (TPSA) is 120 Å². The van der Waals surface area contributed by atoms with Gasteiger partial charge in [-0.05, 0) is 64.4 Å². The van der Waals surface area contributed by atoms with E-state index in [-0.39, 0.29) is 18.5 Å². The van der Waals surface area contributed by atoms with Gasteiger partial charge in [0.05, 0.1) is 24.2 Å². The van der Waals surface area contributed by atoms with Gasteiger partial charge in [-0.15, -0.1) is 0 Å². The number of aromatic nitrogens is 4. The van der Waals surface area contributed by atoms with Crippen molar-refractivity contribution in [2.24, 2.45) is 0 Å². The lowest BCUT2D eigenvalue weighted by Gasteiger charge is -2.37. The lowest BCUT2D eigenvalue weighted by molar-refractivity contribution is -0.192. The van der Waals surface area contributed by atoms with Crippen LogP contribution in [0.1, 0.15) is 38.3 Å². The molecule has 10 nitrogen and oxygen atoms in total. The van der Waals surface area contributed by atoms with E-state index in [4.69, 9.17) is 15.0 Å². The first-order valence-corrected chi connectivity index (χ1v) is 13.1. The molecule has 4 rings (SSSR count). The van der Waals surface area contributed by atoms with E-state index in [1.165, 1.54) is 6.07 Å². The maximum absolute atomic E-state index is 15.0. The van der Waals surface area contributed by atoms with Crippen LogP contribution in [0.3, 0.4) is 0 Å². The van der Waals surface area contributed by atoms with Gasteiger partial charge in [-0.2, -0.15) is 18.3 Å². The van der Waals surface area contributed by atoms with E-state index in [0.29, 0.717) is 29.9 Å². The number of alkyl halides is 3. The van der Waals surface area contributed by atoms with E-state index in [1.54, 1.807) is 12.4 Å². The second-order valence-electron chi connectivity index (χ2n) is 10.0. The molecule has 0 amide bonds. The van der Waals surface area contributed by atoms with E-state index < -0.39 is 12.1 Å². The number of aliphatic carboxylic acids is 1. The monoisotopic (exact) mass is 581 g/mol. The van der Waals surface area contributed by atoms with Gasteiger partial charge in [0.2, 0.25) is 5.95 Å². The summed E-state index contributed by atoms with van der Waals surface area (Å²) >= 11 is 0. The lowest BCUT2D eigenvalue weighted by Crippen LogP contribution is -2.44. The Balaban J connectivity index is 0.000000587. The average Bonchev–Trinajstić information content (AvgIpc) is 3.41. The van der Waals surface area contributed by atoms with E-state index in [1.807, 2.05) is 37.0 Å². The normalized spacial score (nSPS) is 14.3. The molecule has 1 aliphatic rings. The molecule has 0 bridgehead atoms. The predicted octanol–water partition coefficient (Wildman–Crippen LogP) is 4.64. The number of likely N-dealkylation sites (N-methyl/N-ethyl adjacent to an activating group) is 1. The number of piperidine rings is 1. The summed E-state index contributed by atoms with van der Waals surface area (Å²) in [6.07, 6.45) is 2.36. The number of nitrogens with zero attached hydrogens (tertiary/aromatic N) is 6.